The SMILES string of the molecule is CCC(C)(C)C(=O)Oc1ccc(C(C)OC(C)=O)cc1. The summed E-state index contributed by atoms with van der Waals surface area (Å²) in [5.41, 5.74) is 0.360. The van der Waals surface area contributed by atoms with Crippen LogP contribution in [-0.4, -0.2) is 11.9 Å². The van der Waals surface area contributed by atoms with Crippen LogP contribution in [0.15, 0.2) is 24.3 Å². The minimum absolute atomic E-state index is 0.249. The Balaban J connectivity index is 2.72. The minimum atomic E-state index is -0.496. The lowest BCUT2D eigenvalue weighted by Gasteiger charge is -2.20. The van der Waals surface area contributed by atoms with Gasteiger partial charge in [-0.15, -0.1) is 0 Å². The highest BCUT2D eigenvalue weighted by Gasteiger charge is 2.27. The number of rotatable bonds is 5. The van der Waals surface area contributed by atoms with Crippen molar-refractivity contribution in [3.8, 4) is 5.75 Å². The summed E-state index contributed by atoms with van der Waals surface area (Å²) < 4.78 is 10.4. The van der Waals surface area contributed by atoms with E-state index in [2.05, 4.69) is 0 Å². The molecule has 0 heterocycles. The predicted octanol–water partition coefficient (Wildman–Crippen LogP) is 3.65. The van der Waals surface area contributed by atoms with E-state index in [1.807, 2.05) is 20.8 Å². The molecule has 0 saturated heterocycles. The quantitative estimate of drug-likeness (QED) is 0.609. The Morgan fingerprint density at radius 3 is 2.20 bits per heavy atom. The Bertz CT molecular complexity index is 474. The van der Waals surface area contributed by atoms with Crippen LogP contribution in [0, 0.1) is 5.41 Å². The number of hydrogen-bond donors (Lipinski definition) is 0. The summed E-state index contributed by atoms with van der Waals surface area (Å²) in [6.07, 6.45) is 0.400. The molecule has 4 nitrogen and oxygen atoms in total. The molecule has 1 aromatic carbocycles. The molecule has 0 fully saturated rings. The smallest absolute Gasteiger partial charge is 0.316 e. The summed E-state index contributed by atoms with van der Waals surface area (Å²) >= 11 is 0. The molecule has 0 radical (unpaired) electrons. The zero-order valence-corrected chi connectivity index (χ0v) is 12.7. The first-order chi connectivity index (χ1) is 9.26. The number of ether oxygens (including phenoxy) is 2. The lowest BCUT2D eigenvalue weighted by Crippen LogP contribution is -2.28. The fraction of sp³-hybridized carbons (Fsp3) is 0.500. The van der Waals surface area contributed by atoms with E-state index in [-0.39, 0.29) is 18.0 Å². The van der Waals surface area contributed by atoms with E-state index in [0.29, 0.717) is 12.2 Å². The molecule has 0 aliphatic rings. The van der Waals surface area contributed by atoms with Crippen LogP contribution in [-0.2, 0) is 14.3 Å². The van der Waals surface area contributed by atoms with Crippen LogP contribution < -0.4 is 4.74 Å². The molecule has 0 aromatic heterocycles. The van der Waals surface area contributed by atoms with Crippen LogP contribution >= 0.6 is 0 Å². The minimum Gasteiger partial charge on any atom is -0.458 e. The second kappa shape index (κ2) is 6.55. The summed E-state index contributed by atoms with van der Waals surface area (Å²) in [6.45, 7) is 8.83. The predicted molar refractivity (Wildman–Crippen MR) is 76.3 cm³/mol. The maximum atomic E-state index is 11.9. The van der Waals surface area contributed by atoms with Gasteiger partial charge in [-0.2, -0.15) is 0 Å². The van der Waals surface area contributed by atoms with Gasteiger partial charge in [0.15, 0.2) is 0 Å². The van der Waals surface area contributed by atoms with Crippen molar-refractivity contribution >= 4 is 11.9 Å². The molecule has 20 heavy (non-hydrogen) atoms. The number of esters is 2. The van der Waals surface area contributed by atoms with E-state index < -0.39 is 5.41 Å². The molecule has 0 saturated carbocycles. The monoisotopic (exact) mass is 278 g/mol. The summed E-state index contributed by atoms with van der Waals surface area (Å²) in [5.74, 6) is -0.0752. The lowest BCUT2D eigenvalue weighted by atomic mass is 9.91. The summed E-state index contributed by atoms with van der Waals surface area (Å²) in [5, 5.41) is 0. The second-order valence-corrected chi connectivity index (χ2v) is 5.45. The van der Waals surface area contributed by atoms with Gasteiger partial charge in [0.2, 0.25) is 0 Å². The van der Waals surface area contributed by atoms with Gasteiger partial charge in [-0.1, -0.05) is 19.1 Å². The third kappa shape index (κ3) is 4.37. The van der Waals surface area contributed by atoms with Crippen molar-refractivity contribution in [3.63, 3.8) is 0 Å². The van der Waals surface area contributed by atoms with E-state index in [1.54, 1.807) is 31.2 Å². The van der Waals surface area contributed by atoms with Crippen LogP contribution in [0.5, 0.6) is 5.75 Å². The molecule has 0 aliphatic carbocycles. The molecule has 1 rings (SSSR count). The maximum Gasteiger partial charge on any atom is 0.316 e. The molecule has 0 N–H and O–H groups in total. The van der Waals surface area contributed by atoms with Gasteiger partial charge in [-0.3, -0.25) is 9.59 Å². The van der Waals surface area contributed by atoms with Crippen molar-refractivity contribution in [2.75, 3.05) is 0 Å². The van der Waals surface area contributed by atoms with E-state index in [9.17, 15) is 9.59 Å². The Labute approximate surface area is 120 Å². The van der Waals surface area contributed by atoms with E-state index in [1.165, 1.54) is 6.92 Å². The summed E-state index contributed by atoms with van der Waals surface area (Å²) in [7, 11) is 0. The Morgan fingerprint density at radius 2 is 1.75 bits per heavy atom. The summed E-state index contributed by atoms with van der Waals surface area (Å²) in [4.78, 5) is 22.8. The molecular formula is C16H22O4. The first-order valence-corrected chi connectivity index (χ1v) is 6.75. The molecule has 0 bridgehead atoms. The fourth-order valence-electron chi connectivity index (χ4n) is 1.51. The highest BCUT2D eigenvalue weighted by Crippen LogP contribution is 2.25. The topological polar surface area (TPSA) is 52.6 Å². The molecular weight excluding hydrogens is 256 g/mol. The van der Waals surface area contributed by atoms with Crippen LogP contribution in [0.2, 0.25) is 0 Å². The van der Waals surface area contributed by atoms with Gasteiger partial charge in [-0.05, 0) is 44.9 Å². The first kappa shape index (κ1) is 16.2. The van der Waals surface area contributed by atoms with Gasteiger partial charge < -0.3 is 9.47 Å². The molecule has 0 aliphatic heterocycles. The van der Waals surface area contributed by atoms with Gasteiger partial charge in [0, 0.05) is 6.92 Å². The van der Waals surface area contributed by atoms with Gasteiger partial charge in [0.25, 0.3) is 0 Å². The fourth-order valence-corrected chi connectivity index (χ4v) is 1.51. The maximum absolute atomic E-state index is 11.9. The van der Waals surface area contributed by atoms with Crippen molar-refractivity contribution in [2.45, 2.75) is 47.1 Å². The second-order valence-electron chi connectivity index (χ2n) is 5.45. The molecule has 1 unspecified atom stereocenters. The van der Waals surface area contributed by atoms with Crippen LogP contribution in [0.3, 0.4) is 0 Å². The molecule has 0 spiro atoms. The number of carbonyl (C=O) groups is 2. The van der Waals surface area contributed by atoms with Crippen molar-refractivity contribution < 1.29 is 19.1 Å². The molecule has 110 valence electrons. The van der Waals surface area contributed by atoms with E-state index >= 15 is 0 Å². The molecule has 0 amide bonds. The number of carbonyl (C=O) groups excluding carboxylic acids is 2. The lowest BCUT2D eigenvalue weighted by molar-refractivity contribution is -0.146. The van der Waals surface area contributed by atoms with Crippen LogP contribution in [0.4, 0.5) is 0 Å². The molecule has 1 atom stereocenters. The standard InChI is InChI=1S/C16H22O4/c1-6-16(4,5)15(18)20-14-9-7-13(8-10-14)11(2)19-12(3)17/h7-11H,6H2,1-5H3. The average molecular weight is 278 g/mol. The van der Waals surface area contributed by atoms with Crippen LogP contribution in [0.1, 0.15) is 52.7 Å². The number of benzene rings is 1. The largest absolute Gasteiger partial charge is 0.458 e. The van der Waals surface area contributed by atoms with Crippen LogP contribution in [0.25, 0.3) is 0 Å². The van der Waals surface area contributed by atoms with Gasteiger partial charge in [-0.25, -0.2) is 0 Å². The van der Waals surface area contributed by atoms with Crippen molar-refractivity contribution in [1.29, 1.82) is 0 Å². The zero-order chi connectivity index (χ0) is 15.3. The first-order valence-electron chi connectivity index (χ1n) is 6.75. The Morgan fingerprint density at radius 1 is 1.20 bits per heavy atom. The van der Waals surface area contributed by atoms with E-state index in [4.69, 9.17) is 9.47 Å². The van der Waals surface area contributed by atoms with Gasteiger partial charge >= 0.3 is 11.9 Å². The third-order valence-electron chi connectivity index (χ3n) is 3.34. The van der Waals surface area contributed by atoms with Gasteiger partial charge in [0.05, 0.1) is 5.41 Å². The highest BCUT2D eigenvalue weighted by molar-refractivity contribution is 5.78. The third-order valence-corrected chi connectivity index (χ3v) is 3.34. The zero-order valence-electron chi connectivity index (χ0n) is 12.7. The molecule has 4 heteroatoms. The summed E-state index contributed by atoms with van der Waals surface area (Å²) in [6, 6.07) is 6.99. The number of hydrogen-bond acceptors (Lipinski definition) is 4. The van der Waals surface area contributed by atoms with Gasteiger partial charge in [0.1, 0.15) is 11.9 Å². The van der Waals surface area contributed by atoms with Crippen molar-refractivity contribution in [3.05, 3.63) is 29.8 Å². The van der Waals surface area contributed by atoms with Crippen molar-refractivity contribution in [2.24, 2.45) is 5.41 Å². The normalized spacial score (nSPS) is 12.7. The highest BCUT2D eigenvalue weighted by atomic mass is 16.5. The van der Waals surface area contributed by atoms with Crippen molar-refractivity contribution in [1.82, 2.24) is 0 Å². The van der Waals surface area contributed by atoms with E-state index in [0.717, 1.165) is 5.56 Å². The Hall–Kier alpha value is -1.84. The Kier molecular flexibility index (Phi) is 5.31. The molecule has 1 aromatic rings. The average Bonchev–Trinajstić information content (AvgIpc) is 2.38.